The van der Waals surface area contributed by atoms with Gasteiger partial charge in [-0.2, -0.15) is 0 Å². The Bertz CT molecular complexity index is 719. The van der Waals surface area contributed by atoms with Crippen LogP contribution in [0.2, 0.25) is 0 Å². The third-order valence-corrected chi connectivity index (χ3v) is 3.37. The fourth-order valence-corrected chi connectivity index (χ4v) is 2.29. The molecule has 1 amide bonds. The molecule has 1 unspecified atom stereocenters. The second-order valence-electron chi connectivity index (χ2n) is 6.70. The number of aliphatic carboxylic acids is 1. The van der Waals surface area contributed by atoms with Crippen LogP contribution in [0.4, 0.5) is 4.79 Å². The molecule has 0 bridgehead atoms. The summed E-state index contributed by atoms with van der Waals surface area (Å²) in [5, 5.41) is 11.8. The van der Waals surface area contributed by atoms with Gasteiger partial charge >= 0.3 is 12.1 Å². The number of carbonyl (C=O) groups excluding carboxylic acids is 1. The zero-order valence-corrected chi connectivity index (χ0v) is 14.6. The Hall–Kier alpha value is -2.83. The second kappa shape index (κ2) is 7.83. The van der Waals surface area contributed by atoms with E-state index in [0.29, 0.717) is 12.4 Å². The van der Waals surface area contributed by atoms with Gasteiger partial charge in [0.25, 0.3) is 0 Å². The first kappa shape index (κ1) is 18.5. The van der Waals surface area contributed by atoms with E-state index in [0.717, 1.165) is 5.56 Å². The molecule has 0 aliphatic heterocycles. The number of hydrogen-bond acceptors (Lipinski definition) is 4. The molecule has 1 aromatic heterocycles. The zero-order chi connectivity index (χ0) is 18.4. The predicted octanol–water partition coefficient (Wildman–Crippen LogP) is 2.45. The van der Waals surface area contributed by atoms with Crippen LogP contribution >= 0.6 is 0 Å². The number of nitrogens with zero attached hydrogens (tertiary/aromatic N) is 2. The molecule has 0 fully saturated rings. The summed E-state index contributed by atoms with van der Waals surface area (Å²) in [6.45, 7) is 5.73. The first-order chi connectivity index (χ1) is 11.7. The minimum absolute atomic E-state index is 0.0639. The molecule has 0 aliphatic carbocycles. The summed E-state index contributed by atoms with van der Waals surface area (Å²) in [6, 6.07) is 8.66. The van der Waals surface area contributed by atoms with E-state index in [1.165, 1.54) is 0 Å². The highest BCUT2D eigenvalue weighted by atomic mass is 16.6. The van der Waals surface area contributed by atoms with Gasteiger partial charge in [-0.25, -0.2) is 14.6 Å². The standard InChI is InChI=1S/C18H23N3O4/c1-18(2,3)25-17(24)20-14(16(22)23)11-15-19-9-10-21(15)12-13-7-5-4-6-8-13/h4-10,14H,11-12H2,1-3H3,(H,20,24)(H,22,23). The van der Waals surface area contributed by atoms with Crippen molar-refractivity contribution in [1.82, 2.24) is 14.9 Å². The maximum Gasteiger partial charge on any atom is 0.408 e. The van der Waals surface area contributed by atoms with Crippen LogP contribution in [0.1, 0.15) is 32.2 Å². The number of carbonyl (C=O) groups is 2. The summed E-state index contributed by atoms with van der Waals surface area (Å²) in [6.07, 6.45) is 2.70. The van der Waals surface area contributed by atoms with Crippen molar-refractivity contribution in [3.63, 3.8) is 0 Å². The summed E-state index contributed by atoms with van der Waals surface area (Å²) in [5.41, 5.74) is 0.382. The summed E-state index contributed by atoms with van der Waals surface area (Å²) in [5.74, 6) is -0.563. The number of amides is 1. The van der Waals surface area contributed by atoms with Crippen molar-refractivity contribution >= 4 is 12.1 Å². The third-order valence-electron chi connectivity index (χ3n) is 3.37. The molecule has 0 radical (unpaired) electrons. The van der Waals surface area contributed by atoms with Crippen LogP contribution in [0.3, 0.4) is 0 Å². The average molecular weight is 345 g/mol. The molecule has 1 aromatic carbocycles. The van der Waals surface area contributed by atoms with Crippen LogP contribution in [0.5, 0.6) is 0 Å². The average Bonchev–Trinajstić information content (AvgIpc) is 2.92. The number of benzene rings is 1. The number of imidazole rings is 1. The Kier molecular flexibility index (Phi) is 5.80. The van der Waals surface area contributed by atoms with E-state index in [9.17, 15) is 14.7 Å². The van der Waals surface area contributed by atoms with Crippen molar-refractivity contribution in [2.24, 2.45) is 0 Å². The van der Waals surface area contributed by atoms with E-state index in [-0.39, 0.29) is 6.42 Å². The molecule has 0 spiro atoms. The van der Waals surface area contributed by atoms with E-state index >= 15 is 0 Å². The lowest BCUT2D eigenvalue weighted by molar-refractivity contribution is -0.139. The van der Waals surface area contributed by atoms with Gasteiger partial charge in [-0.3, -0.25) is 0 Å². The van der Waals surface area contributed by atoms with Gasteiger partial charge in [0.1, 0.15) is 17.5 Å². The molecule has 1 atom stereocenters. The quantitative estimate of drug-likeness (QED) is 0.839. The van der Waals surface area contributed by atoms with Crippen molar-refractivity contribution in [2.45, 2.75) is 45.4 Å². The summed E-state index contributed by atoms with van der Waals surface area (Å²) < 4.78 is 6.99. The number of aromatic nitrogens is 2. The first-order valence-electron chi connectivity index (χ1n) is 8.01. The molecular formula is C18H23N3O4. The van der Waals surface area contributed by atoms with Gasteiger partial charge in [0.05, 0.1) is 0 Å². The van der Waals surface area contributed by atoms with Crippen molar-refractivity contribution in [3.8, 4) is 0 Å². The Morgan fingerprint density at radius 2 is 1.96 bits per heavy atom. The van der Waals surface area contributed by atoms with E-state index in [1.54, 1.807) is 33.2 Å². The highest BCUT2D eigenvalue weighted by Gasteiger charge is 2.25. The van der Waals surface area contributed by atoms with Crippen LogP contribution in [-0.4, -0.2) is 38.4 Å². The van der Waals surface area contributed by atoms with Crippen LogP contribution in [0.15, 0.2) is 42.7 Å². The van der Waals surface area contributed by atoms with Gasteiger partial charge in [0.2, 0.25) is 0 Å². The molecule has 0 saturated carbocycles. The van der Waals surface area contributed by atoms with Crippen molar-refractivity contribution in [2.75, 3.05) is 0 Å². The molecule has 0 saturated heterocycles. The molecule has 25 heavy (non-hydrogen) atoms. The first-order valence-corrected chi connectivity index (χ1v) is 8.01. The monoisotopic (exact) mass is 345 g/mol. The molecule has 0 aliphatic rings. The van der Waals surface area contributed by atoms with Gasteiger partial charge in [-0.1, -0.05) is 30.3 Å². The molecule has 2 rings (SSSR count). The van der Waals surface area contributed by atoms with E-state index in [2.05, 4.69) is 10.3 Å². The molecule has 2 N–H and O–H groups in total. The van der Waals surface area contributed by atoms with E-state index < -0.39 is 23.7 Å². The maximum absolute atomic E-state index is 11.9. The Balaban J connectivity index is 2.06. The molecule has 7 nitrogen and oxygen atoms in total. The van der Waals surface area contributed by atoms with Crippen LogP contribution in [0.25, 0.3) is 0 Å². The molecule has 1 heterocycles. The number of hydrogen-bond donors (Lipinski definition) is 2. The Labute approximate surface area is 146 Å². The van der Waals surface area contributed by atoms with E-state index in [4.69, 9.17) is 4.74 Å². The highest BCUT2D eigenvalue weighted by molar-refractivity contribution is 5.80. The largest absolute Gasteiger partial charge is 0.480 e. The van der Waals surface area contributed by atoms with Gasteiger partial charge in [-0.05, 0) is 26.3 Å². The van der Waals surface area contributed by atoms with Crippen molar-refractivity contribution < 1.29 is 19.4 Å². The van der Waals surface area contributed by atoms with Gasteiger partial charge in [-0.15, -0.1) is 0 Å². The van der Waals surface area contributed by atoms with E-state index in [1.807, 2.05) is 34.9 Å². The topological polar surface area (TPSA) is 93.5 Å². The minimum Gasteiger partial charge on any atom is -0.480 e. The second-order valence-corrected chi connectivity index (χ2v) is 6.70. The van der Waals surface area contributed by atoms with Crippen LogP contribution in [-0.2, 0) is 22.5 Å². The number of carboxylic acid groups (broad SMARTS) is 1. The summed E-state index contributed by atoms with van der Waals surface area (Å²) in [7, 11) is 0. The Morgan fingerprint density at radius 1 is 1.28 bits per heavy atom. The number of ether oxygens (including phenoxy) is 1. The van der Waals surface area contributed by atoms with Gasteiger partial charge in [0, 0.05) is 25.4 Å². The number of nitrogens with one attached hydrogen (secondary N) is 1. The SMILES string of the molecule is CC(C)(C)OC(=O)NC(Cc1nccn1Cc1ccccc1)C(=O)O. The van der Waals surface area contributed by atoms with Gasteiger partial charge in [0.15, 0.2) is 0 Å². The lowest BCUT2D eigenvalue weighted by atomic mass is 10.2. The summed E-state index contributed by atoms with van der Waals surface area (Å²) in [4.78, 5) is 27.6. The van der Waals surface area contributed by atoms with Crippen LogP contribution in [0, 0.1) is 0 Å². The molecular weight excluding hydrogens is 322 g/mol. The zero-order valence-electron chi connectivity index (χ0n) is 14.6. The fraction of sp³-hybridized carbons (Fsp3) is 0.389. The van der Waals surface area contributed by atoms with Crippen molar-refractivity contribution in [3.05, 3.63) is 54.1 Å². The normalized spacial score (nSPS) is 12.4. The van der Waals surface area contributed by atoms with Gasteiger partial charge < -0.3 is 19.7 Å². The fourth-order valence-electron chi connectivity index (χ4n) is 2.29. The molecule has 134 valence electrons. The smallest absolute Gasteiger partial charge is 0.408 e. The Morgan fingerprint density at radius 3 is 2.56 bits per heavy atom. The molecule has 7 heteroatoms. The number of alkyl carbamates (subject to hydrolysis) is 1. The number of rotatable bonds is 6. The highest BCUT2D eigenvalue weighted by Crippen LogP contribution is 2.10. The third kappa shape index (κ3) is 5.95. The maximum atomic E-state index is 11.9. The van der Waals surface area contributed by atoms with Crippen LogP contribution < -0.4 is 5.32 Å². The predicted molar refractivity (Wildman–Crippen MR) is 92.3 cm³/mol. The van der Waals surface area contributed by atoms with Crippen molar-refractivity contribution in [1.29, 1.82) is 0 Å². The lowest BCUT2D eigenvalue weighted by Crippen LogP contribution is -2.45. The number of carboxylic acids is 1. The lowest BCUT2D eigenvalue weighted by Gasteiger charge is -2.22. The summed E-state index contributed by atoms with van der Waals surface area (Å²) >= 11 is 0. The minimum atomic E-state index is -1.14. The molecule has 2 aromatic rings.